The Morgan fingerprint density at radius 3 is 2.38 bits per heavy atom. The Morgan fingerprint density at radius 1 is 0.931 bits per heavy atom. The summed E-state index contributed by atoms with van der Waals surface area (Å²) < 4.78 is 11.8. The van der Waals surface area contributed by atoms with Gasteiger partial charge in [-0.3, -0.25) is 0 Å². The van der Waals surface area contributed by atoms with Gasteiger partial charge >= 0.3 is 0 Å². The SMILES string of the molecule is CCOc1cc(CNC2CCCCCC2)ccc1OCc1ccc(Cl)cc1Cl.Cl. The first-order valence-electron chi connectivity index (χ1n) is 10.2. The lowest BCUT2D eigenvalue weighted by molar-refractivity contribution is 0.269. The van der Waals surface area contributed by atoms with Crippen molar-refractivity contribution in [3.8, 4) is 11.5 Å². The van der Waals surface area contributed by atoms with Gasteiger partial charge in [-0.05, 0) is 49.6 Å². The summed E-state index contributed by atoms with van der Waals surface area (Å²) in [6.07, 6.45) is 7.97. The van der Waals surface area contributed by atoms with Crippen molar-refractivity contribution in [1.82, 2.24) is 5.32 Å². The molecule has 0 spiro atoms. The number of halogens is 3. The van der Waals surface area contributed by atoms with Crippen LogP contribution in [0.5, 0.6) is 11.5 Å². The second-order valence-electron chi connectivity index (χ2n) is 7.31. The fraction of sp³-hybridized carbons (Fsp3) is 0.478. The van der Waals surface area contributed by atoms with Crippen LogP contribution in [-0.4, -0.2) is 12.6 Å². The molecular formula is C23H30Cl3NO2. The standard InChI is InChI=1S/C23H29Cl2NO2.ClH/c1-2-27-23-13-17(15-26-20-7-5-3-4-6-8-20)9-12-22(23)28-16-18-10-11-19(24)14-21(18)25;/h9-14,20,26H,2-8,15-16H2,1H3;1H. The quantitative estimate of drug-likeness (QED) is 0.424. The molecule has 1 aliphatic carbocycles. The molecule has 0 heterocycles. The van der Waals surface area contributed by atoms with Crippen molar-refractivity contribution in [3.63, 3.8) is 0 Å². The second kappa shape index (κ2) is 12.5. The lowest BCUT2D eigenvalue weighted by Crippen LogP contribution is -2.27. The zero-order valence-electron chi connectivity index (χ0n) is 16.9. The third-order valence-corrected chi connectivity index (χ3v) is 5.74. The molecule has 0 unspecified atom stereocenters. The summed E-state index contributed by atoms with van der Waals surface area (Å²) in [5, 5.41) is 4.94. The molecule has 6 heteroatoms. The van der Waals surface area contributed by atoms with E-state index >= 15 is 0 Å². The smallest absolute Gasteiger partial charge is 0.161 e. The van der Waals surface area contributed by atoms with Gasteiger partial charge in [0, 0.05) is 28.2 Å². The molecule has 0 aliphatic heterocycles. The number of rotatable bonds is 8. The van der Waals surface area contributed by atoms with Crippen LogP contribution in [0.4, 0.5) is 0 Å². The van der Waals surface area contributed by atoms with Gasteiger partial charge < -0.3 is 14.8 Å². The molecule has 0 aromatic heterocycles. The van der Waals surface area contributed by atoms with Crippen molar-refractivity contribution >= 4 is 35.6 Å². The molecular weight excluding hydrogens is 429 g/mol. The van der Waals surface area contributed by atoms with Gasteiger partial charge in [0.05, 0.1) is 6.61 Å². The number of nitrogens with one attached hydrogen (secondary N) is 1. The molecule has 0 atom stereocenters. The van der Waals surface area contributed by atoms with E-state index in [1.807, 2.05) is 25.1 Å². The zero-order chi connectivity index (χ0) is 19.8. The third kappa shape index (κ3) is 7.57. The molecule has 1 fully saturated rings. The van der Waals surface area contributed by atoms with Crippen molar-refractivity contribution in [2.75, 3.05) is 6.61 Å². The monoisotopic (exact) mass is 457 g/mol. The van der Waals surface area contributed by atoms with Gasteiger partial charge in [0.2, 0.25) is 0 Å². The van der Waals surface area contributed by atoms with Crippen LogP contribution in [0.2, 0.25) is 10.0 Å². The van der Waals surface area contributed by atoms with E-state index in [9.17, 15) is 0 Å². The van der Waals surface area contributed by atoms with Crippen LogP contribution >= 0.6 is 35.6 Å². The largest absolute Gasteiger partial charge is 0.490 e. The Balaban J connectivity index is 0.00000300. The lowest BCUT2D eigenvalue weighted by atomic mass is 10.1. The summed E-state index contributed by atoms with van der Waals surface area (Å²) in [4.78, 5) is 0. The second-order valence-corrected chi connectivity index (χ2v) is 8.15. The highest BCUT2D eigenvalue weighted by Gasteiger charge is 2.13. The van der Waals surface area contributed by atoms with E-state index in [-0.39, 0.29) is 12.4 Å². The summed E-state index contributed by atoms with van der Waals surface area (Å²) in [6, 6.07) is 12.2. The van der Waals surface area contributed by atoms with Gasteiger partial charge in [-0.1, -0.05) is 61.0 Å². The Hall–Kier alpha value is -1.13. The maximum Gasteiger partial charge on any atom is 0.161 e. The first-order valence-corrected chi connectivity index (χ1v) is 11.0. The van der Waals surface area contributed by atoms with Crippen LogP contribution in [0.1, 0.15) is 56.6 Å². The Bertz CT molecular complexity index is 762. The van der Waals surface area contributed by atoms with Gasteiger partial charge in [-0.25, -0.2) is 0 Å². The third-order valence-electron chi connectivity index (χ3n) is 5.16. The normalized spacial score (nSPS) is 14.7. The first-order chi connectivity index (χ1) is 13.7. The van der Waals surface area contributed by atoms with Crippen molar-refractivity contribution in [2.45, 2.75) is 64.6 Å². The fourth-order valence-electron chi connectivity index (χ4n) is 3.59. The Morgan fingerprint density at radius 2 is 1.69 bits per heavy atom. The molecule has 0 bridgehead atoms. The molecule has 0 amide bonds. The lowest BCUT2D eigenvalue weighted by Gasteiger charge is -2.18. The van der Waals surface area contributed by atoms with E-state index in [2.05, 4.69) is 17.4 Å². The van der Waals surface area contributed by atoms with E-state index in [4.69, 9.17) is 32.7 Å². The molecule has 2 aromatic rings. The number of ether oxygens (including phenoxy) is 2. The molecule has 0 saturated heterocycles. The fourth-order valence-corrected chi connectivity index (χ4v) is 4.05. The van der Waals surface area contributed by atoms with Crippen LogP contribution in [0.15, 0.2) is 36.4 Å². The summed E-state index contributed by atoms with van der Waals surface area (Å²) >= 11 is 12.2. The van der Waals surface area contributed by atoms with Crippen molar-refractivity contribution in [3.05, 3.63) is 57.6 Å². The summed E-state index contributed by atoms with van der Waals surface area (Å²) in [5.74, 6) is 1.50. The van der Waals surface area contributed by atoms with Crippen LogP contribution in [0, 0.1) is 0 Å². The molecule has 1 saturated carbocycles. The Labute approximate surface area is 190 Å². The average molecular weight is 459 g/mol. The molecule has 3 nitrogen and oxygen atoms in total. The summed E-state index contributed by atoms with van der Waals surface area (Å²) in [7, 11) is 0. The predicted octanol–water partition coefficient (Wildman–Crippen LogP) is 7.21. The van der Waals surface area contributed by atoms with Gasteiger partial charge in [0.25, 0.3) is 0 Å². The van der Waals surface area contributed by atoms with Crippen LogP contribution in [-0.2, 0) is 13.2 Å². The van der Waals surface area contributed by atoms with E-state index in [1.165, 1.54) is 44.1 Å². The minimum atomic E-state index is 0. The van der Waals surface area contributed by atoms with E-state index in [0.717, 1.165) is 23.6 Å². The minimum Gasteiger partial charge on any atom is -0.490 e. The molecule has 2 aromatic carbocycles. The predicted molar refractivity (Wildman–Crippen MR) is 124 cm³/mol. The molecule has 29 heavy (non-hydrogen) atoms. The highest BCUT2D eigenvalue weighted by Crippen LogP contribution is 2.31. The first kappa shape index (κ1) is 24.1. The van der Waals surface area contributed by atoms with Crippen molar-refractivity contribution < 1.29 is 9.47 Å². The summed E-state index contributed by atoms with van der Waals surface area (Å²) in [5.41, 5.74) is 2.11. The van der Waals surface area contributed by atoms with Gasteiger partial charge in [0.1, 0.15) is 6.61 Å². The molecule has 160 valence electrons. The van der Waals surface area contributed by atoms with E-state index in [1.54, 1.807) is 6.07 Å². The molecule has 0 radical (unpaired) electrons. The van der Waals surface area contributed by atoms with Gasteiger partial charge in [0.15, 0.2) is 11.5 Å². The highest BCUT2D eigenvalue weighted by molar-refractivity contribution is 6.35. The van der Waals surface area contributed by atoms with Crippen molar-refractivity contribution in [1.29, 1.82) is 0 Å². The zero-order valence-corrected chi connectivity index (χ0v) is 19.2. The Kier molecular flexibility index (Phi) is 10.4. The van der Waals surface area contributed by atoms with Crippen LogP contribution < -0.4 is 14.8 Å². The topological polar surface area (TPSA) is 30.5 Å². The molecule has 1 aliphatic rings. The number of hydrogen-bond donors (Lipinski definition) is 1. The highest BCUT2D eigenvalue weighted by atomic mass is 35.5. The molecule has 1 N–H and O–H groups in total. The summed E-state index contributed by atoms with van der Waals surface area (Å²) in [6.45, 7) is 3.80. The number of benzene rings is 2. The van der Waals surface area contributed by atoms with Gasteiger partial charge in [-0.2, -0.15) is 0 Å². The maximum absolute atomic E-state index is 6.24. The van der Waals surface area contributed by atoms with Crippen LogP contribution in [0.25, 0.3) is 0 Å². The van der Waals surface area contributed by atoms with E-state index < -0.39 is 0 Å². The maximum atomic E-state index is 6.24. The van der Waals surface area contributed by atoms with Crippen LogP contribution in [0.3, 0.4) is 0 Å². The molecule has 3 rings (SSSR count). The van der Waals surface area contributed by atoms with E-state index in [0.29, 0.717) is 29.3 Å². The average Bonchev–Trinajstić information content (AvgIpc) is 2.96. The number of hydrogen-bond acceptors (Lipinski definition) is 3. The van der Waals surface area contributed by atoms with Gasteiger partial charge in [-0.15, -0.1) is 12.4 Å². The minimum absolute atomic E-state index is 0. The van der Waals surface area contributed by atoms with Crippen molar-refractivity contribution in [2.24, 2.45) is 0 Å².